The number of rotatable bonds is 7. The maximum absolute atomic E-state index is 12.5. The van der Waals surface area contributed by atoms with Crippen LogP contribution in [0, 0.1) is 5.92 Å². The molecule has 0 radical (unpaired) electrons. The van der Waals surface area contributed by atoms with Gasteiger partial charge in [0.2, 0.25) is 10.1 Å². The van der Waals surface area contributed by atoms with Crippen molar-refractivity contribution in [2.75, 3.05) is 11.9 Å². The Morgan fingerprint density at radius 3 is 2.33 bits per heavy atom. The zero-order valence-corrected chi connectivity index (χ0v) is 20.4. The molecule has 1 fully saturated rings. The SMILES string of the molecule is CCOC(=O)c1nnc(NC(=O)c2ccc(C3CCC(CC(=O)OC(C)(C)C)CC3)cc2)s1. The molecule has 9 heteroatoms. The Bertz CT molecular complexity index is 973. The molecule has 33 heavy (non-hydrogen) atoms. The third-order valence-corrected chi connectivity index (χ3v) is 6.28. The quantitative estimate of drug-likeness (QED) is 0.566. The summed E-state index contributed by atoms with van der Waals surface area (Å²) in [5, 5.41) is 10.6. The molecule has 0 aliphatic heterocycles. The Labute approximate surface area is 198 Å². The van der Waals surface area contributed by atoms with Gasteiger partial charge < -0.3 is 9.47 Å². The molecule has 1 amide bonds. The van der Waals surface area contributed by atoms with Crippen LogP contribution in [-0.2, 0) is 14.3 Å². The minimum absolute atomic E-state index is 0.102. The van der Waals surface area contributed by atoms with E-state index in [1.807, 2.05) is 32.9 Å². The predicted octanol–water partition coefficient (Wildman–Crippen LogP) is 4.97. The van der Waals surface area contributed by atoms with Crippen molar-refractivity contribution in [2.45, 2.75) is 71.3 Å². The highest BCUT2D eigenvalue weighted by Gasteiger charge is 2.26. The van der Waals surface area contributed by atoms with Gasteiger partial charge in [0.15, 0.2) is 0 Å². The highest BCUT2D eigenvalue weighted by Crippen LogP contribution is 2.37. The van der Waals surface area contributed by atoms with Crippen LogP contribution in [0.5, 0.6) is 0 Å². The lowest BCUT2D eigenvalue weighted by Gasteiger charge is -2.29. The molecule has 0 spiro atoms. The number of amides is 1. The van der Waals surface area contributed by atoms with E-state index in [2.05, 4.69) is 15.5 Å². The van der Waals surface area contributed by atoms with Crippen molar-refractivity contribution < 1.29 is 23.9 Å². The lowest BCUT2D eigenvalue weighted by Crippen LogP contribution is -2.26. The number of carbonyl (C=O) groups excluding carboxylic acids is 3. The third-order valence-electron chi connectivity index (χ3n) is 5.46. The summed E-state index contributed by atoms with van der Waals surface area (Å²) in [5.41, 5.74) is 1.26. The Balaban J connectivity index is 1.50. The molecule has 3 rings (SSSR count). The standard InChI is InChI=1S/C24H31N3O5S/c1-5-31-22(30)21-26-27-23(33-21)25-20(29)18-12-10-17(11-13-18)16-8-6-15(7-9-16)14-19(28)32-24(2,3)4/h10-13,15-16H,5-9,14H2,1-4H3,(H,25,27,29). The molecule has 0 saturated heterocycles. The van der Waals surface area contributed by atoms with Crippen molar-refractivity contribution in [3.8, 4) is 0 Å². The highest BCUT2D eigenvalue weighted by molar-refractivity contribution is 7.17. The van der Waals surface area contributed by atoms with Gasteiger partial charge in [-0.2, -0.15) is 0 Å². The lowest BCUT2D eigenvalue weighted by atomic mass is 9.77. The van der Waals surface area contributed by atoms with E-state index in [-0.39, 0.29) is 28.6 Å². The number of carbonyl (C=O) groups is 3. The van der Waals surface area contributed by atoms with Crippen molar-refractivity contribution in [3.05, 3.63) is 40.4 Å². The van der Waals surface area contributed by atoms with E-state index in [1.165, 1.54) is 5.56 Å². The summed E-state index contributed by atoms with van der Waals surface area (Å²) < 4.78 is 10.3. The van der Waals surface area contributed by atoms with Crippen molar-refractivity contribution in [3.63, 3.8) is 0 Å². The number of hydrogen-bond acceptors (Lipinski definition) is 8. The van der Waals surface area contributed by atoms with Crippen LogP contribution in [0.25, 0.3) is 0 Å². The van der Waals surface area contributed by atoms with Crippen LogP contribution in [0.3, 0.4) is 0 Å². The van der Waals surface area contributed by atoms with E-state index in [0.717, 1.165) is 37.0 Å². The van der Waals surface area contributed by atoms with Gasteiger partial charge >= 0.3 is 11.9 Å². The van der Waals surface area contributed by atoms with Gasteiger partial charge in [0.05, 0.1) is 6.61 Å². The molecule has 1 aliphatic carbocycles. The molecule has 1 aromatic heterocycles. The smallest absolute Gasteiger partial charge is 0.369 e. The first-order chi connectivity index (χ1) is 15.6. The minimum Gasteiger partial charge on any atom is -0.461 e. The van der Waals surface area contributed by atoms with E-state index in [0.29, 0.717) is 23.8 Å². The summed E-state index contributed by atoms with van der Waals surface area (Å²) in [4.78, 5) is 36.3. The number of ether oxygens (including phenoxy) is 2. The van der Waals surface area contributed by atoms with Gasteiger partial charge in [-0.05, 0) is 82.9 Å². The highest BCUT2D eigenvalue weighted by atomic mass is 32.1. The fourth-order valence-electron chi connectivity index (χ4n) is 3.94. The topological polar surface area (TPSA) is 107 Å². The summed E-state index contributed by atoms with van der Waals surface area (Å²) in [7, 11) is 0. The Morgan fingerprint density at radius 1 is 1.06 bits per heavy atom. The number of nitrogens with one attached hydrogen (secondary N) is 1. The van der Waals surface area contributed by atoms with E-state index < -0.39 is 11.6 Å². The van der Waals surface area contributed by atoms with E-state index in [9.17, 15) is 14.4 Å². The number of anilines is 1. The molecular weight excluding hydrogens is 442 g/mol. The summed E-state index contributed by atoms with van der Waals surface area (Å²) >= 11 is 0.975. The van der Waals surface area contributed by atoms with Crippen molar-refractivity contribution in [1.82, 2.24) is 10.2 Å². The average molecular weight is 474 g/mol. The minimum atomic E-state index is -0.555. The largest absolute Gasteiger partial charge is 0.461 e. The van der Waals surface area contributed by atoms with Crippen LogP contribution < -0.4 is 5.32 Å². The van der Waals surface area contributed by atoms with Crippen molar-refractivity contribution in [1.29, 1.82) is 0 Å². The maximum atomic E-state index is 12.5. The van der Waals surface area contributed by atoms with Crippen LogP contribution in [0.1, 0.15) is 91.4 Å². The van der Waals surface area contributed by atoms with Gasteiger partial charge in [-0.3, -0.25) is 14.9 Å². The molecule has 8 nitrogen and oxygen atoms in total. The van der Waals surface area contributed by atoms with E-state index in [4.69, 9.17) is 9.47 Å². The van der Waals surface area contributed by atoms with Crippen LogP contribution >= 0.6 is 11.3 Å². The van der Waals surface area contributed by atoms with Gasteiger partial charge in [0.25, 0.3) is 5.91 Å². The molecule has 1 aliphatic rings. The van der Waals surface area contributed by atoms with Crippen LogP contribution in [0.4, 0.5) is 5.13 Å². The third kappa shape index (κ3) is 7.35. The van der Waals surface area contributed by atoms with Gasteiger partial charge in [0, 0.05) is 12.0 Å². The Morgan fingerprint density at radius 2 is 1.73 bits per heavy atom. The number of benzene rings is 1. The summed E-state index contributed by atoms with van der Waals surface area (Å²) in [6.07, 6.45) is 4.49. The molecule has 1 saturated carbocycles. The van der Waals surface area contributed by atoms with Crippen LogP contribution in [0.2, 0.25) is 0 Å². The van der Waals surface area contributed by atoms with Gasteiger partial charge in [-0.1, -0.05) is 23.5 Å². The molecule has 0 bridgehead atoms. The number of hydrogen-bond donors (Lipinski definition) is 1. The van der Waals surface area contributed by atoms with Crippen LogP contribution in [-0.4, -0.2) is 40.3 Å². The van der Waals surface area contributed by atoms with Crippen LogP contribution in [0.15, 0.2) is 24.3 Å². The zero-order chi connectivity index (χ0) is 24.0. The molecule has 1 aromatic carbocycles. The Hall–Kier alpha value is -2.81. The predicted molar refractivity (Wildman–Crippen MR) is 125 cm³/mol. The number of nitrogens with zero attached hydrogens (tertiary/aromatic N) is 2. The first kappa shape index (κ1) is 24.8. The first-order valence-corrected chi connectivity index (χ1v) is 12.1. The van der Waals surface area contributed by atoms with Crippen molar-refractivity contribution >= 4 is 34.3 Å². The zero-order valence-electron chi connectivity index (χ0n) is 19.6. The lowest BCUT2D eigenvalue weighted by molar-refractivity contribution is -0.156. The normalized spacial score (nSPS) is 18.4. The Kier molecular flexibility index (Phi) is 8.18. The fraction of sp³-hybridized carbons (Fsp3) is 0.542. The van der Waals surface area contributed by atoms with Gasteiger partial charge in [-0.25, -0.2) is 4.79 Å². The summed E-state index contributed by atoms with van der Waals surface area (Å²) in [5.74, 6) is -0.194. The monoisotopic (exact) mass is 473 g/mol. The fourth-order valence-corrected chi connectivity index (χ4v) is 4.58. The molecule has 1 heterocycles. The second-order valence-electron chi connectivity index (χ2n) is 9.22. The van der Waals surface area contributed by atoms with Gasteiger partial charge in [0.1, 0.15) is 5.60 Å². The summed E-state index contributed by atoms with van der Waals surface area (Å²) in [6.45, 7) is 7.62. The molecule has 2 aromatic rings. The number of esters is 2. The second-order valence-corrected chi connectivity index (χ2v) is 10.2. The van der Waals surface area contributed by atoms with E-state index >= 15 is 0 Å². The molecule has 0 unspecified atom stereocenters. The maximum Gasteiger partial charge on any atom is 0.369 e. The molecular formula is C24H31N3O5S. The number of aromatic nitrogens is 2. The second kappa shape index (κ2) is 10.9. The van der Waals surface area contributed by atoms with E-state index in [1.54, 1.807) is 19.1 Å². The van der Waals surface area contributed by atoms with Crippen molar-refractivity contribution in [2.24, 2.45) is 5.92 Å². The molecule has 0 atom stereocenters. The van der Waals surface area contributed by atoms with Gasteiger partial charge in [-0.15, -0.1) is 10.2 Å². The summed E-state index contributed by atoms with van der Waals surface area (Å²) in [6, 6.07) is 7.56. The first-order valence-electron chi connectivity index (χ1n) is 11.3. The molecule has 1 N–H and O–H groups in total. The average Bonchev–Trinajstić information content (AvgIpc) is 3.22. The molecule has 178 valence electrons.